The first-order chi connectivity index (χ1) is 13.7. The van der Waals surface area contributed by atoms with Gasteiger partial charge in [0.2, 0.25) is 0 Å². The predicted octanol–water partition coefficient (Wildman–Crippen LogP) is 6.40. The van der Waals surface area contributed by atoms with E-state index in [2.05, 4.69) is 32.9 Å². The second-order valence-electron chi connectivity index (χ2n) is 9.64. The maximum atomic E-state index is 11.8. The first-order valence-corrected chi connectivity index (χ1v) is 10.5. The molecule has 166 valence electrons. The van der Waals surface area contributed by atoms with Crippen LogP contribution in [-0.4, -0.2) is 23.6 Å². The van der Waals surface area contributed by atoms with E-state index in [0.29, 0.717) is 0 Å². The summed E-state index contributed by atoms with van der Waals surface area (Å²) < 4.78 is 10.8. The molecule has 4 nitrogen and oxygen atoms in total. The highest BCUT2D eigenvalue weighted by Crippen LogP contribution is 2.42. The fourth-order valence-electron chi connectivity index (χ4n) is 3.44. The highest BCUT2D eigenvalue weighted by molar-refractivity contribution is 5.83. The molecule has 0 saturated heterocycles. The summed E-state index contributed by atoms with van der Waals surface area (Å²) in [6.45, 7) is 17.4. The Kier molecular flexibility index (Phi) is 9.08. The van der Waals surface area contributed by atoms with Crippen molar-refractivity contribution in [2.24, 2.45) is 5.41 Å². The van der Waals surface area contributed by atoms with Crippen LogP contribution in [0.1, 0.15) is 75.2 Å². The molecule has 1 unspecified atom stereocenters. The molecule has 0 aromatic carbocycles. The molecule has 0 amide bonds. The van der Waals surface area contributed by atoms with E-state index in [9.17, 15) is 9.59 Å². The lowest BCUT2D eigenvalue weighted by Crippen LogP contribution is -2.30. The molecule has 0 bridgehead atoms. The highest BCUT2D eigenvalue weighted by atomic mass is 16.6. The molecule has 0 spiro atoms. The molecular formula is C26H38O4. The van der Waals surface area contributed by atoms with Gasteiger partial charge >= 0.3 is 11.9 Å². The van der Waals surface area contributed by atoms with Crippen LogP contribution < -0.4 is 0 Å². The van der Waals surface area contributed by atoms with E-state index in [0.717, 1.165) is 29.6 Å². The molecule has 0 aromatic heterocycles. The third-order valence-corrected chi connectivity index (χ3v) is 4.96. The maximum absolute atomic E-state index is 11.8. The smallest absolute Gasteiger partial charge is 0.331 e. The Morgan fingerprint density at radius 3 is 2.27 bits per heavy atom. The summed E-state index contributed by atoms with van der Waals surface area (Å²) in [7, 11) is 0. The average Bonchev–Trinajstić information content (AvgIpc) is 2.55. The molecule has 0 saturated carbocycles. The number of allylic oxidation sites excluding steroid dienone is 8. The van der Waals surface area contributed by atoms with Crippen LogP contribution in [0.15, 0.2) is 58.7 Å². The number of carbonyl (C=O) groups is 2. The standard InChI is InChI=1S/C26H38O4/c1-18(11-10-12-19(2)17-24(28)30-25(5,6)7)13-14-22-20(3)23(29-21(4)27)15-16-26(22,8)9/h10-14,17,23H,15-16H2,1-9H3. The van der Waals surface area contributed by atoms with Crippen molar-refractivity contribution in [1.82, 2.24) is 0 Å². The van der Waals surface area contributed by atoms with Gasteiger partial charge in [0.15, 0.2) is 0 Å². The largest absolute Gasteiger partial charge is 0.458 e. The van der Waals surface area contributed by atoms with E-state index in [-0.39, 0.29) is 23.5 Å². The normalized spacial score (nSPS) is 20.8. The summed E-state index contributed by atoms with van der Waals surface area (Å²) in [6, 6.07) is 0. The Balaban J connectivity index is 2.89. The number of rotatable bonds is 6. The van der Waals surface area contributed by atoms with Crippen LogP contribution in [-0.2, 0) is 19.1 Å². The monoisotopic (exact) mass is 414 g/mol. The lowest BCUT2D eigenvalue weighted by atomic mass is 9.71. The lowest BCUT2D eigenvalue weighted by Gasteiger charge is -2.36. The Morgan fingerprint density at radius 1 is 1.07 bits per heavy atom. The number of hydrogen-bond donors (Lipinski definition) is 0. The topological polar surface area (TPSA) is 52.6 Å². The minimum Gasteiger partial charge on any atom is -0.458 e. The molecule has 0 aromatic rings. The van der Waals surface area contributed by atoms with E-state index < -0.39 is 5.60 Å². The molecule has 0 N–H and O–H groups in total. The molecular weight excluding hydrogens is 376 g/mol. The van der Waals surface area contributed by atoms with Gasteiger partial charge < -0.3 is 9.47 Å². The Hall–Kier alpha value is -2.36. The van der Waals surface area contributed by atoms with Gasteiger partial charge in [0, 0.05) is 13.0 Å². The van der Waals surface area contributed by atoms with Gasteiger partial charge in [-0.05, 0) is 76.5 Å². The summed E-state index contributed by atoms with van der Waals surface area (Å²) in [5.74, 6) is -0.576. The fourth-order valence-corrected chi connectivity index (χ4v) is 3.44. The third kappa shape index (κ3) is 8.98. The zero-order valence-corrected chi connectivity index (χ0v) is 20.1. The molecule has 1 atom stereocenters. The molecule has 1 rings (SSSR count). The first-order valence-electron chi connectivity index (χ1n) is 10.5. The average molecular weight is 415 g/mol. The van der Waals surface area contributed by atoms with Crippen molar-refractivity contribution in [1.29, 1.82) is 0 Å². The third-order valence-electron chi connectivity index (χ3n) is 4.96. The molecule has 30 heavy (non-hydrogen) atoms. The number of carbonyl (C=O) groups excluding carboxylic acids is 2. The van der Waals surface area contributed by atoms with Crippen molar-refractivity contribution in [3.63, 3.8) is 0 Å². The van der Waals surface area contributed by atoms with Gasteiger partial charge in [0.25, 0.3) is 0 Å². The van der Waals surface area contributed by atoms with Gasteiger partial charge in [-0.2, -0.15) is 0 Å². The van der Waals surface area contributed by atoms with E-state index in [1.807, 2.05) is 52.8 Å². The number of ether oxygens (including phenoxy) is 2. The summed E-state index contributed by atoms with van der Waals surface area (Å²) in [5, 5.41) is 0. The quantitative estimate of drug-likeness (QED) is 0.287. The van der Waals surface area contributed by atoms with Crippen LogP contribution in [0.3, 0.4) is 0 Å². The van der Waals surface area contributed by atoms with Crippen molar-refractivity contribution in [3.05, 3.63) is 58.7 Å². The van der Waals surface area contributed by atoms with Gasteiger partial charge in [-0.15, -0.1) is 0 Å². The second kappa shape index (κ2) is 10.6. The van der Waals surface area contributed by atoms with E-state index in [4.69, 9.17) is 9.47 Å². The maximum Gasteiger partial charge on any atom is 0.331 e. The molecule has 0 heterocycles. The molecule has 0 fully saturated rings. The molecule has 1 aliphatic carbocycles. The number of hydrogen-bond acceptors (Lipinski definition) is 4. The Bertz CT molecular complexity index is 795. The lowest BCUT2D eigenvalue weighted by molar-refractivity contribution is -0.148. The minimum absolute atomic E-state index is 0.0418. The first kappa shape index (κ1) is 25.7. The summed E-state index contributed by atoms with van der Waals surface area (Å²) in [4.78, 5) is 23.2. The molecule has 4 heteroatoms. The van der Waals surface area contributed by atoms with Crippen molar-refractivity contribution in [3.8, 4) is 0 Å². The van der Waals surface area contributed by atoms with Crippen LogP contribution >= 0.6 is 0 Å². The molecule has 0 aliphatic heterocycles. The van der Waals surface area contributed by atoms with E-state index in [1.54, 1.807) is 0 Å². The summed E-state index contributed by atoms with van der Waals surface area (Å²) in [5.41, 5.74) is 3.80. The highest BCUT2D eigenvalue weighted by Gasteiger charge is 2.33. The predicted molar refractivity (Wildman–Crippen MR) is 123 cm³/mol. The van der Waals surface area contributed by atoms with Gasteiger partial charge in [0.05, 0.1) is 0 Å². The zero-order chi connectivity index (χ0) is 23.1. The second-order valence-corrected chi connectivity index (χ2v) is 9.64. The van der Waals surface area contributed by atoms with Gasteiger partial charge in [-0.3, -0.25) is 4.79 Å². The molecule has 0 radical (unpaired) electrons. The van der Waals surface area contributed by atoms with Gasteiger partial charge in [0.1, 0.15) is 11.7 Å². The summed E-state index contributed by atoms with van der Waals surface area (Å²) in [6.07, 6.45) is 13.2. The van der Waals surface area contributed by atoms with E-state index in [1.165, 1.54) is 18.6 Å². The van der Waals surface area contributed by atoms with Crippen molar-refractivity contribution < 1.29 is 19.1 Å². The fraction of sp³-hybridized carbons (Fsp3) is 0.538. The zero-order valence-electron chi connectivity index (χ0n) is 20.1. The van der Waals surface area contributed by atoms with Crippen LogP contribution in [0, 0.1) is 5.41 Å². The minimum atomic E-state index is -0.493. The van der Waals surface area contributed by atoms with Crippen molar-refractivity contribution in [2.75, 3.05) is 0 Å². The summed E-state index contributed by atoms with van der Waals surface area (Å²) >= 11 is 0. The Morgan fingerprint density at radius 2 is 1.70 bits per heavy atom. The number of esters is 2. The van der Waals surface area contributed by atoms with Crippen LogP contribution in [0.2, 0.25) is 0 Å². The van der Waals surface area contributed by atoms with Gasteiger partial charge in [-0.25, -0.2) is 4.79 Å². The molecule has 1 aliphatic rings. The van der Waals surface area contributed by atoms with Crippen molar-refractivity contribution >= 4 is 11.9 Å². The van der Waals surface area contributed by atoms with Crippen LogP contribution in [0.25, 0.3) is 0 Å². The van der Waals surface area contributed by atoms with Gasteiger partial charge in [-0.1, -0.05) is 49.8 Å². The van der Waals surface area contributed by atoms with Crippen LogP contribution in [0.5, 0.6) is 0 Å². The van der Waals surface area contributed by atoms with E-state index >= 15 is 0 Å². The Labute approximate surface area is 182 Å². The van der Waals surface area contributed by atoms with Crippen LogP contribution in [0.4, 0.5) is 0 Å². The SMILES string of the molecule is CC(=O)OC1CCC(C)(C)C(C=CC(C)=CC=CC(C)=CC(=O)OC(C)(C)C)=C1C. The van der Waals surface area contributed by atoms with Crippen molar-refractivity contribution in [2.45, 2.75) is 86.9 Å².